The summed E-state index contributed by atoms with van der Waals surface area (Å²) >= 11 is 11.5. The molecule has 76 valence electrons. The largest absolute Gasteiger partial charge is 0.478 e. The van der Waals surface area contributed by atoms with Gasteiger partial charge in [-0.3, -0.25) is 0 Å². The van der Waals surface area contributed by atoms with Gasteiger partial charge in [0.25, 0.3) is 0 Å². The van der Waals surface area contributed by atoms with Gasteiger partial charge in [0.2, 0.25) is 0 Å². The summed E-state index contributed by atoms with van der Waals surface area (Å²) in [5.74, 6) is -1.07. The van der Waals surface area contributed by atoms with Gasteiger partial charge in [0, 0.05) is 6.08 Å². The van der Waals surface area contributed by atoms with Gasteiger partial charge in [-0.05, 0) is 23.8 Å². The van der Waals surface area contributed by atoms with Crippen LogP contribution in [-0.4, -0.2) is 11.1 Å². The van der Waals surface area contributed by atoms with Gasteiger partial charge in [0.1, 0.15) is 6.07 Å². The third-order valence-electron chi connectivity index (χ3n) is 1.59. The summed E-state index contributed by atoms with van der Waals surface area (Å²) in [6.45, 7) is 0. The molecular weight excluding hydrogens is 237 g/mol. The van der Waals surface area contributed by atoms with Gasteiger partial charge in [-0.25, -0.2) is 4.79 Å². The van der Waals surface area contributed by atoms with Gasteiger partial charge in [0.05, 0.1) is 15.6 Å². The Morgan fingerprint density at radius 1 is 1.47 bits per heavy atom. The van der Waals surface area contributed by atoms with Crippen LogP contribution in [0, 0.1) is 11.3 Å². The zero-order chi connectivity index (χ0) is 11.4. The summed E-state index contributed by atoms with van der Waals surface area (Å²) in [5.41, 5.74) is 0.734. The summed E-state index contributed by atoms with van der Waals surface area (Å²) in [5, 5.41) is 17.5. The van der Waals surface area contributed by atoms with Crippen LogP contribution in [0.5, 0.6) is 0 Å². The standard InChI is InChI=1S/C10H5Cl2NO2/c11-8-4-6(1-2-9(14)15)3-7(5-13)10(8)12/h1-4H,(H,14,15)/b2-1+. The van der Waals surface area contributed by atoms with E-state index in [0.717, 1.165) is 6.08 Å². The first kappa shape index (κ1) is 11.6. The highest BCUT2D eigenvalue weighted by atomic mass is 35.5. The van der Waals surface area contributed by atoms with Crippen LogP contribution in [0.15, 0.2) is 18.2 Å². The number of carboxylic acid groups (broad SMARTS) is 1. The molecular formula is C10H5Cl2NO2. The predicted octanol–water partition coefficient (Wildman–Crippen LogP) is 2.96. The maximum absolute atomic E-state index is 10.3. The number of benzene rings is 1. The fraction of sp³-hybridized carbons (Fsp3) is 0. The third-order valence-corrected chi connectivity index (χ3v) is 2.39. The van der Waals surface area contributed by atoms with Crippen molar-refractivity contribution in [2.75, 3.05) is 0 Å². The van der Waals surface area contributed by atoms with E-state index in [2.05, 4.69) is 0 Å². The fourth-order valence-electron chi connectivity index (χ4n) is 0.955. The number of halogens is 2. The number of carbonyl (C=O) groups is 1. The van der Waals surface area contributed by atoms with Gasteiger partial charge >= 0.3 is 5.97 Å². The number of rotatable bonds is 2. The molecule has 5 heteroatoms. The fourth-order valence-corrected chi connectivity index (χ4v) is 1.33. The van der Waals surface area contributed by atoms with E-state index >= 15 is 0 Å². The molecule has 0 saturated heterocycles. The number of aliphatic carboxylic acids is 1. The summed E-state index contributed by atoms with van der Waals surface area (Å²) in [4.78, 5) is 10.3. The minimum Gasteiger partial charge on any atom is -0.478 e. The highest BCUT2D eigenvalue weighted by Crippen LogP contribution is 2.27. The van der Waals surface area contributed by atoms with Crippen molar-refractivity contribution in [3.63, 3.8) is 0 Å². The molecule has 0 heterocycles. The quantitative estimate of drug-likeness (QED) is 0.811. The Balaban J connectivity index is 3.18. The van der Waals surface area contributed by atoms with Crippen molar-refractivity contribution in [2.45, 2.75) is 0 Å². The Labute approximate surface area is 96.2 Å². The number of hydrogen-bond acceptors (Lipinski definition) is 2. The lowest BCUT2D eigenvalue weighted by atomic mass is 10.1. The van der Waals surface area contributed by atoms with Crippen LogP contribution in [0.2, 0.25) is 10.0 Å². The average molecular weight is 242 g/mol. The molecule has 15 heavy (non-hydrogen) atoms. The first-order valence-electron chi connectivity index (χ1n) is 3.84. The average Bonchev–Trinajstić information content (AvgIpc) is 2.19. The van der Waals surface area contributed by atoms with Crippen LogP contribution < -0.4 is 0 Å². The maximum atomic E-state index is 10.3. The molecule has 0 aliphatic heterocycles. The third kappa shape index (κ3) is 2.98. The smallest absolute Gasteiger partial charge is 0.328 e. The van der Waals surface area contributed by atoms with Crippen LogP contribution in [0.4, 0.5) is 0 Å². The first-order valence-corrected chi connectivity index (χ1v) is 4.60. The molecule has 1 rings (SSSR count). The van der Waals surface area contributed by atoms with Crippen molar-refractivity contribution in [1.82, 2.24) is 0 Å². The summed E-state index contributed by atoms with van der Waals surface area (Å²) in [7, 11) is 0. The van der Waals surface area contributed by atoms with Crippen molar-refractivity contribution in [1.29, 1.82) is 5.26 Å². The Hall–Kier alpha value is -1.50. The number of carboxylic acids is 1. The molecule has 3 nitrogen and oxygen atoms in total. The van der Waals surface area contributed by atoms with Gasteiger partial charge in [-0.1, -0.05) is 23.2 Å². The lowest BCUT2D eigenvalue weighted by Crippen LogP contribution is -1.87. The zero-order valence-electron chi connectivity index (χ0n) is 7.37. The normalized spacial score (nSPS) is 10.2. The SMILES string of the molecule is N#Cc1cc(/C=C/C(=O)O)cc(Cl)c1Cl. The summed E-state index contributed by atoms with van der Waals surface area (Å²) < 4.78 is 0. The van der Waals surface area contributed by atoms with Crippen LogP contribution in [0.3, 0.4) is 0 Å². The highest BCUT2D eigenvalue weighted by molar-refractivity contribution is 6.42. The molecule has 0 saturated carbocycles. The number of nitriles is 1. The molecule has 1 aromatic carbocycles. The van der Waals surface area contributed by atoms with Gasteiger partial charge in [-0.15, -0.1) is 0 Å². The van der Waals surface area contributed by atoms with E-state index < -0.39 is 5.97 Å². The Bertz CT molecular complexity index is 475. The molecule has 0 radical (unpaired) electrons. The molecule has 0 bridgehead atoms. The van der Waals surface area contributed by atoms with Crippen molar-refractivity contribution in [3.05, 3.63) is 39.4 Å². The van der Waals surface area contributed by atoms with Crippen LogP contribution in [0.25, 0.3) is 6.08 Å². The monoisotopic (exact) mass is 241 g/mol. The molecule has 0 unspecified atom stereocenters. The molecule has 0 aliphatic carbocycles. The van der Waals surface area contributed by atoms with Crippen LogP contribution in [0.1, 0.15) is 11.1 Å². The Morgan fingerprint density at radius 3 is 2.67 bits per heavy atom. The second-order valence-corrected chi connectivity index (χ2v) is 3.43. The minimum atomic E-state index is -1.07. The number of nitrogens with zero attached hydrogens (tertiary/aromatic N) is 1. The minimum absolute atomic E-state index is 0.173. The molecule has 0 atom stereocenters. The number of hydrogen-bond donors (Lipinski definition) is 1. The van der Waals surface area contributed by atoms with Gasteiger partial charge in [-0.2, -0.15) is 5.26 Å². The molecule has 0 spiro atoms. The van der Waals surface area contributed by atoms with Gasteiger partial charge < -0.3 is 5.11 Å². The second kappa shape index (κ2) is 4.83. The lowest BCUT2D eigenvalue weighted by molar-refractivity contribution is -0.131. The molecule has 0 aromatic heterocycles. The van der Waals surface area contributed by atoms with Gasteiger partial charge in [0.15, 0.2) is 0 Å². The Kier molecular flexibility index (Phi) is 3.73. The molecule has 1 aromatic rings. The predicted molar refractivity (Wildman–Crippen MR) is 57.8 cm³/mol. The van der Waals surface area contributed by atoms with E-state index in [9.17, 15) is 4.79 Å². The summed E-state index contributed by atoms with van der Waals surface area (Å²) in [6, 6.07) is 4.82. The van der Waals surface area contributed by atoms with E-state index in [1.807, 2.05) is 6.07 Å². The first-order chi connectivity index (χ1) is 7.04. The topological polar surface area (TPSA) is 61.1 Å². The lowest BCUT2D eigenvalue weighted by Gasteiger charge is -2.00. The molecule has 0 fully saturated rings. The zero-order valence-corrected chi connectivity index (χ0v) is 8.88. The summed E-state index contributed by atoms with van der Waals surface area (Å²) in [6.07, 6.45) is 2.30. The van der Waals surface area contributed by atoms with E-state index in [-0.39, 0.29) is 15.6 Å². The van der Waals surface area contributed by atoms with E-state index in [0.29, 0.717) is 5.56 Å². The highest BCUT2D eigenvalue weighted by Gasteiger charge is 2.05. The van der Waals surface area contributed by atoms with Crippen molar-refractivity contribution >= 4 is 35.2 Å². The molecule has 0 amide bonds. The van der Waals surface area contributed by atoms with E-state index in [1.165, 1.54) is 18.2 Å². The van der Waals surface area contributed by atoms with E-state index in [1.54, 1.807) is 0 Å². The Morgan fingerprint density at radius 2 is 2.13 bits per heavy atom. The maximum Gasteiger partial charge on any atom is 0.328 e. The van der Waals surface area contributed by atoms with Crippen LogP contribution >= 0.6 is 23.2 Å². The van der Waals surface area contributed by atoms with Crippen LogP contribution in [-0.2, 0) is 4.79 Å². The second-order valence-electron chi connectivity index (χ2n) is 2.65. The van der Waals surface area contributed by atoms with Crippen molar-refractivity contribution < 1.29 is 9.90 Å². The molecule has 0 aliphatic rings. The van der Waals surface area contributed by atoms with Crippen molar-refractivity contribution in [3.8, 4) is 6.07 Å². The van der Waals surface area contributed by atoms with Crippen molar-refractivity contribution in [2.24, 2.45) is 0 Å². The molecule has 1 N–H and O–H groups in total. The van der Waals surface area contributed by atoms with E-state index in [4.69, 9.17) is 33.6 Å².